The molecule has 0 spiro atoms. The largest absolute Gasteiger partial charge is 0.337 e. The molecule has 2 rings (SSSR count). The highest BCUT2D eigenvalue weighted by Crippen LogP contribution is 2.19. The Bertz CT molecular complexity index is 611. The lowest BCUT2D eigenvalue weighted by atomic mass is 10.2. The number of benzene rings is 1. The molecule has 0 saturated heterocycles. The van der Waals surface area contributed by atoms with Crippen LogP contribution in [-0.2, 0) is 6.54 Å². The molecule has 2 aromatic rings. The van der Waals surface area contributed by atoms with Crippen molar-refractivity contribution < 1.29 is 9.32 Å². The number of halogens is 1. The molecule has 2 amide bonds. The fourth-order valence-corrected chi connectivity index (χ4v) is 2.04. The van der Waals surface area contributed by atoms with Crippen LogP contribution in [0.5, 0.6) is 0 Å². The Balaban J connectivity index is 1.99. The van der Waals surface area contributed by atoms with Crippen molar-refractivity contribution in [3.63, 3.8) is 0 Å². The predicted octanol–water partition coefficient (Wildman–Crippen LogP) is 2.94. The summed E-state index contributed by atoms with van der Waals surface area (Å²) in [5.41, 5.74) is 0.771. The smallest absolute Gasteiger partial charge is 0.317 e. The highest BCUT2D eigenvalue weighted by molar-refractivity contribution is 6.30. The van der Waals surface area contributed by atoms with Crippen LogP contribution in [0.15, 0.2) is 28.8 Å². The van der Waals surface area contributed by atoms with Crippen LogP contribution in [0.25, 0.3) is 11.4 Å². The van der Waals surface area contributed by atoms with E-state index in [2.05, 4.69) is 15.5 Å². The highest BCUT2D eigenvalue weighted by atomic mass is 35.5. The van der Waals surface area contributed by atoms with Crippen molar-refractivity contribution in [3.8, 4) is 11.4 Å². The normalized spacial score (nSPS) is 10.4. The minimum absolute atomic E-state index is 0.150. The monoisotopic (exact) mass is 308 g/mol. The number of urea groups is 1. The number of carbonyl (C=O) groups is 1. The Morgan fingerprint density at radius 3 is 2.81 bits per heavy atom. The Kier molecular flexibility index (Phi) is 5.16. The summed E-state index contributed by atoms with van der Waals surface area (Å²) in [6.45, 7) is 5.35. The second kappa shape index (κ2) is 7.08. The molecule has 6 nitrogen and oxygen atoms in total. The summed E-state index contributed by atoms with van der Waals surface area (Å²) < 4.78 is 5.12. The lowest BCUT2D eigenvalue weighted by Gasteiger charge is -2.18. The van der Waals surface area contributed by atoms with Crippen LogP contribution >= 0.6 is 11.6 Å². The molecule has 112 valence electrons. The minimum atomic E-state index is -0.150. The lowest BCUT2D eigenvalue weighted by molar-refractivity contribution is 0.201. The van der Waals surface area contributed by atoms with Gasteiger partial charge in [-0.25, -0.2) is 4.79 Å². The molecule has 1 N–H and O–H groups in total. The van der Waals surface area contributed by atoms with E-state index in [4.69, 9.17) is 16.1 Å². The number of carbonyl (C=O) groups excluding carboxylic acids is 1. The van der Waals surface area contributed by atoms with Crippen LogP contribution in [-0.4, -0.2) is 34.2 Å². The molecule has 21 heavy (non-hydrogen) atoms. The number of nitrogens with zero attached hydrogens (tertiary/aromatic N) is 3. The van der Waals surface area contributed by atoms with Crippen LogP contribution in [0.4, 0.5) is 4.79 Å². The summed E-state index contributed by atoms with van der Waals surface area (Å²) in [6, 6.07) is 7.04. The van der Waals surface area contributed by atoms with Crippen LogP contribution in [0.2, 0.25) is 5.02 Å². The van der Waals surface area contributed by atoms with Crippen molar-refractivity contribution in [1.82, 2.24) is 20.4 Å². The van der Waals surface area contributed by atoms with E-state index in [-0.39, 0.29) is 12.6 Å². The van der Waals surface area contributed by atoms with Gasteiger partial charge in [0.05, 0.1) is 6.54 Å². The van der Waals surface area contributed by atoms with E-state index >= 15 is 0 Å². The zero-order chi connectivity index (χ0) is 15.2. The fraction of sp³-hybridized carbons (Fsp3) is 0.357. The summed E-state index contributed by atoms with van der Waals surface area (Å²) in [4.78, 5) is 17.7. The zero-order valence-electron chi connectivity index (χ0n) is 12.0. The van der Waals surface area contributed by atoms with Crippen LogP contribution in [0.3, 0.4) is 0 Å². The van der Waals surface area contributed by atoms with Gasteiger partial charge in [0.1, 0.15) is 0 Å². The van der Waals surface area contributed by atoms with Gasteiger partial charge in [0, 0.05) is 23.7 Å². The Hall–Kier alpha value is -2.08. The molecule has 0 fully saturated rings. The first-order chi connectivity index (χ1) is 10.1. The van der Waals surface area contributed by atoms with Gasteiger partial charge in [0.2, 0.25) is 11.7 Å². The third kappa shape index (κ3) is 3.95. The quantitative estimate of drug-likeness (QED) is 0.922. The van der Waals surface area contributed by atoms with Gasteiger partial charge >= 0.3 is 6.03 Å². The molecule has 0 saturated carbocycles. The number of rotatable bonds is 5. The minimum Gasteiger partial charge on any atom is -0.337 e. The van der Waals surface area contributed by atoms with Crippen molar-refractivity contribution in [3.05, 3.63) is 35.2 Å². The number of hydrogen-bond donors (Lipinski definition) is 1. The number of hydrogen-bond acceptors (Lipinski definition) is 4. The molecule has 0 aliphatic rings. The first-order valence-electron chi connectivity index (χ1n) is 6.75. The maximum Gasteiger partial charge on any atom is 0.317 e. The molecule has 1 heterocycles. The summed E-state index contributed by atoms with van der Waals surface area (Å²) in [6.07, 6.45) is 0. The predicted molar refractivity (Wildman–Crippen MR) is 79.9 cm³/mol. The average molecular weight is 309 g/mol. The summed E-state index contributed by atoms with van der Waals surface area (Å²) in [5, 5.41) is 7.23. The second-order valence-electron chi connectivity index (χ2n) is 4.35. The summed E-state index contributed by atoms with van der Waals surface area (Å²) in [5.74, 6) is 0.801. The van der Waals surface area contributed by atoms with Gasteiger partial charge in [-0.2, -0.15) is 4.98 Å². The molecule has 7 heteroatoms. The average Bonchev–Trinajstić information content (AvgIpc) is 2.95. The second-order valence-corrected chi connectivity index (χ2v) is 4.79. The van der Waals surface area contributed by atoms with Gasteiger partial charge in [0.15, 0.2) is 0 Å². The third-order valence-corrected chi connectivity index (χ3v) is 3.23. The van der Waals surface area contributed by atoms with Gasteiger partial charge < -0.3 is 14.7 Å². The van der Waals surface area contributed by atoms with Gasteiger partial charge in [-0.15, -0.1) is 0 Å². The maximum atomic E-state index is 11.8. The van der Waals surface area contributed by atoms with Gasteiger partial charge in [-0.05, 0) is 26.0 Å². The van der Waals surface area contributed by atoms with E-state index in [1.54, 1.807) is 17.0 Å². The van der Waals surface area contributed by atoms with Gasteiger partial charge in [-0.1, -0.05) is 28.9 Å². The number of amides is 2. The van der Waals surface area contributed by atoms with Gasteiger partial charge in [-0.3, -0.25) is 0 Å². The van der Waals surface area contributed by atoms with Crippen molar-refractivity contribution >= 4 is 17.6 Å². The molecular formula is C14H17ClN4O2. The SMILES string of the molecule is CCN(CC)C(=O)NCc1nc(-c2cccc(Cl)c2)no1. The topological polar surface area (TPSA) is 71.3 Å². The van der Waals surface area contributed by atoms with E-state index < -0.39 is 0 Å². The molecule has 0 bridgehead atoms. The fourth-order valence-electron chi connectivity index (χ4n) is 1.85. The third-order valence-electron chi connectivity index (χ3n) is 2.99. The molecule has 0 atom stereocenters. The van der Waals surface area contributed by atoms with E-state index in [1.807, 2.05) is 26.0 Å². The van der Waals surface area contributed by atoms with E-state index in [1.165, 1.54) is 0 Å². The van der Waals surface area contributed by atoms with Crippen LogP contribution < -0.4 is 5.32 Å². The van der Waals surface area contributed by atoms with E-state index in [0.717, 1.165) is 5.56 Å². The van der Waals surface area contributed by atoms with Gasteiger partial charge in [0.25, 0.3) is 0 Å². The first kappa shape index (κ1) is 15.3. The summed E-state index contributed by atoms with van der Waals surface area (Å²) >= 11 is 5.92. The van der Waals surface area contributed by atoms with E-state index in [9.17, 15) is 4.79 Å². The van der Waals surface area contributed by atoms with Crippen molar-refractivity contribution in [2.24, 2.45) is 0 Å². The Labute approximate surface area is 128 Å². The van der Waals surface area contributed by atoms with Crippen molar-refractivity contribution in [1.29, 1.82) is 0 Å². The maximum absolute atomic E-state index is 11.8. The highest BCUT2D eigenvalue weighted by Gasteiger charge is 2.12. The van der Waals surface area contributed by atoms with Crippen LogP contribution in [0, 0.1) is 0 Å². The zero-order valence-corrected chi connectivity index (χ0v) is 12.7. The Morgan fingerprint density at radius 2 is 2.14 bits per heavy atom. The Morgan fingerprint density at radius 1 is 1.38 bits per heavy atom. The molecular weight excluding hydrogens is 292 g/mol. The molecule has 1 aromatic heterocycles. The molecule has 1 aromatic carbocycles. The number of nitrogens with one attached hydrogen (secondary N) is 1. The van der Waals surface area contributed by atoms with Crippen molar-refractivity contribution in [2.45, 2.75) is 20.4 Å². The molecule has 0 radical (unpaired) electrons. The van der Waals surface area contributed by atoms with E-state index in [0.29, 0.717) is 29.8 Å². The standard InChI is InChI=1S/C14H17ClN4O2/c1-3-19(4-2)14(20)16-9-12-17-13(18-21-12)10-6-5-7-11(15)8-10/h5-8H,3-4,9H2,1-2H3,(H,16,20). The molecule has 0 aliphatic carbocycles. The number of aromatic nitrogens is 2. The molecule has 0 unspecified atom stereocenters. The lowest BCUT2D eigenvalue weighted by Crippen LogP contribution is -2.39. The molecule has 0 aliphatic heterocycles. The van der Waals surface area contributed by atoms with Crippen molar-refractivity contribution in [2.75, 3.05) is 13.1 Å². The first-order valence-corrected chi connectivity index (χ1v) is 7.13. The van der Waals surface area contributed by atoms with Crippen LogP contribution in [0.1, 0.15) is 19.7 Å². The summed E-state index contributed by atoms with van der Waals surface area (Å²) in [7, 11) is 0.